The molecule has 1 spiro atoms. The Balaban J connectivity index is 1.26. The number of aromatic nitrogens is 5. The Hall–Kier alpha value is -2.71. The third kappa shape index (κ3) is 3.22. The van der Waals surface area contributed by atoms with Gasteiger partial charge in [-0.2, -0.15) is 10.2 Å². The zero-order chi connectivity index (χ0) is 18.3. The van der Waals surface area contributed by atoms with Crippen molar-refractivity contribution in [1.82, 2.24) is 29.4 Å². The van der Waals surface area contributed by atoms with Crippen molar-refractivity contribution in [2.45, 2.75) is 38.3 Å². The van der Waals surface area contributed by atoms with Crippen LogP contribution in [0.5, 0.6) is 0 Å². The molecule has 1 saturated heterocycles. The lowest BCUT2D eigenvalue weighted by Gasteiger charge is -2.33. The molecule has 4 heterocycles. The Morgan fingerprint density at radius 3 is 2.93 bits per heavy atom. The number of likely N-dealkylation sites (tertiary alicyclic amines) is 1. The highest BCUT2D eigenvalue weighted by atomic mass is 16.5. The summed E-state index contributed by atoms with van der Waals surface area (Å²) in [5.41, 5.74) is 2.10. The van der Waals surface area contributed by atoms with Gasteiger partial charge < -0.3 is 4.74 Å². The molecule has 5 rings (SSSR count). The number of nitrogens with zero attached hydrogens (tertiary/aromatic N) is 5. The maximum atomic E-state index is 11.9. The smallest absolute Gasteiger partial charge is 0.343 e. The van der Waals surface area contributed by atoms with E-state index in [9.17, 15) is 4.79 Å². The van der Waals surface area contributed by atoms with Crippen LogP contribution in [-0.2, 0) is 31.0 Å². The van der Waals surface area contributed by atoms with Crippen LogP contribution in [0.15, 0.2) is 47.5 Å². The minimum atomic E-state index is -0.284. The second-order valence-corrected chi connectivity index (χ2v) is 7.49. The van der Waals surface area contributed by atoms with Crippen LogP contribution < -0.4 is 5.69 Å². The van der Waals surface area contributed by atoms with Gasteiger partial charge in [0.2, 0.25) is 0 Å². The molecular weight excluding hydrogens is 344 g/mol. The van der Waals surface area contributed by atoms with Crippen LogP contribution in [0.2, 0.25) is 0 Å². The van der Waals surface area contributed by atoms with E-state index in [-0.39, 0.29) is 11.3 Å². The Morgan fingerprint density at radius 2 is 2.07 bits per heavy atom. The second kappa shape index (κ2) is 6.47. The van der Waals surface area contributed by atoms with Crippen molar-refractivity contribution in [3.63, 3.8) is 0 Å². The number of rotatable bonds is 4. The third-order valence-electron chi connectivity index (χ3n) is 5.49. The minimum Gasteiger partial charge on any atom is -0.364 e. The molecule has 2 aliphatic heterocycles. The molecule has 1 N–H and O–H groups in total. The molecule has 0 amide bonds. The molecule has 0 radical (unpaired) electrons. The van der Waals surface area contributed by atoms with E-state index in [1.165, 1.54) is 11.1 Å². The summed E-state index contributed by atoms with van der Waals surface area (Å²) in [5.74, 6) is 0.690. The lowest BCUT2D eigenvalue weighted by molar-refractivity contribution is -0.0832. The maximum Gasteiger partial charge on any atom is 0.343 e. The molecule has 2 aliphatic rings. The van der Waals surface area contributed by atoms with Crippen molar-refractivity contribution >= 4 is 0 Å². The average molecular weight is 366 g/mol. The molecule has 3 aromatic rings. The van der Waals surface area contributed by atoms with Crippen molar-refractivity contribution in [2.75, 3.05) is 13.1 Å². The molecule has 1 fully saturated rings. The SMILES string of the molecule is O=c1[nH]nc2n1CC1(CCN(Cc3cccc(Cn4cccn4)c3)C1)OC2. The van der Waals surface area contributed by atoms with E-state index in [0.29, 0.717) is 19.0 Å². The number of hydrogen-bond donors (Lipinski definition) is 1. The van der Waals surface area contributed by atoms with E-state index >= 15 is 0 Å². The highest BCUT2D eigenvalue weighted by Gasteiger charge is 2.43. The van der Waals surface area contributed by atoms with E-state index in [1.54, 1.807) is 10.8 Å². The summed E-state index contributed by atoms with van der Waals surface area (Å²) in [5, 5.41) is 10.8. The second-order valence-electron chi connectivity index (χ2n) is 7.49. The van der Waals surface area contributed by atoms with Crippen LogP contribution in [0, 0.1) is 0 Å². The normalized spacial score (nSPS) is 22.4. The van der Waals surface area contributed by atoms with Crippen molar-refractivity contribution in [2.24, 2.45) is 0 Å². The molecule has 2 aromatic heterocycles. The predicted molar refractivity (Wildman–Crippen MR) is 98.0 cm³/mol. The number of aromatic amines is 1. The standard InChI is InChI=1S/C19H22N6O2/c26-18-22-21-17-12-27-19(14-25(17)18)5-8-23(13-19)10-15-3-1-4-16(9-15)11-24-7-2-6-20-24/h1-4,6-7,9H,5,8,10-14H2,(H,22,26). The highest BCUT2D eigenvalue weighted by Crippen LogP contribution is 2.32. The Kier molecular flexibility index (Phi) is 3.95. The molecule has 0 aliphatic carbocycles. The topological polar surface area (TPSA) is 81.0 Å². The van der Waals surface area contributed by atoms with E-state index in [4.69, 9.17) is 4.74 Å². The van der Waals surface area contributed by atoms with Crippen molar-refractivity contribution in [3.05, 3.63) is 70.2 Å². The van der Waals surface area contributed by atoms with E-state index in [0.717, 1.165) is 32.6 Å². The summed E-state index contributed by atoms with van der Waals surface area (Å²) in [6.07, 6.45) is 4.70. The summed E-state index contributed by atoms with van der Waals surface area (Å²) in [7, 11) is 0. The van der Waals surface area contributed by atoms with Gasteiger partial charge in [0.15, 0.2) is 5.82 Å². The summed E-state index contributed by atoms with van der Waals surface area (Å²) < 4.78 is 9.78. The summed E-state index contributed by atoms with van der Waals surface area (Å²) in [6, 6.07) is 10.6. The van der Waals surface area contributed by atoms with Crippen LogP contribution >= 0.6 is 0 Å². The van der Waals surface area contributed by atoms with Gasteiger partial charge in [-0.25, -0.2) is 9.89 Å². The number of H-pyrrole nitrogens is 1. The fourth-order valence-electron chi connectivity index (χ4n) is 4.15. The highest BCUT2D eigenvalue weighted by molar-refractivity contribution is 5.24. The molecule has 27 heavy (non-hydrogen) atoms. The zero-order valence-electron chi connectivity index (χ0n) is 15.0. The summed E-state index contributed by atoms with van der Waals surface area (Å²) in [4.78, 5) is 14.3. The Bertz CT molecular complexity index is 992. The average Bonchev–Trinajstić information content (AvgIpc) is 3.39. The summed E-state index contributed by atoms with van der Waals surface area (Å²) in [6.45, 7) is 4.42. The molecule has 0 saturated carbocycles. The fourth-order valence-corrected chi connectivity index (χ4v) is 4.15. The van der Waals surface area contributed by atoms with Gasteiger partial charge in [0, 0.05) is 32.0 Å². The molecular formula is C19H22N6O2. The number of nitrogens with one attached hydrogen (secondary N) is 1. The first-order chi connectivity index (χ1) is 13.2. The van der Waals surface area contributed by atoms with E-state index in [2.05, 4.69) is 44.5 Å². The molecule has 1 atom stereocenters. The molecule has 8 nitrogen and oxygen atoms in total. The van der Waals surface area contributed by atoms with Crippen molar-refractivity contribution < 1.29 is 4.74 Å². The van der Waals surface area contributed by atoms with E-state index in [1.807, 2.05) is 16.9 Å². The molecule has 140 valence electrons. The van der Waals surface area contributed by atoms with Crippen LogP contribution in [0.3, 0.4) is 0 Å². The number of fused-ring (bicyclic) bond motifs is 1. The lowest BCUT2D eigenvalue weighted by atomic mass is 10.0. The first-order valence-corrected chi connectivity index (χ1v) is 9.25. The predicted octanol–water partition coefficient (Wildman–Crippen LogP) is 0.991. The third-order valence-corrected chi connectivity index (χ3v) is 5.49. The van der Waals surface area contributed by atoms with Crippen LogP contribution in [-0.4, -0.2) is 48.1 Å². The fraction of sp³-hybridized carbons (Fsp3) is 0.421. The van der Waals surface area contributed by atoms with Gasteiger partial charge in [0.05, 0.1) is 13.1 Å². The molecule has 1 aromatic carbocycles. The first kappa shape index (κ1) is 16.5. The van der Waals surface area contributed by atoms with Gasteiger partial charge in [-0.15, -0.1) is 0 Å². The maximum absolute atomic E-state index is 11.9. The van der Waals surface area contributed by atoms with Crippen molar-refractivity contribution in [1.29, 1.82) is 0 Å². The monoisotopic (exact) mass is 366 g/mol. The number of ether oxygens (including phenoxy) is 1. The lowest BCUT2D eigenvalue weighted by Crippen LogP contribution is -2.46. The Morgan fingerprint density at radius 1 is 1.19 bits per heavy atom. The molecule has 0 bridgehead atoms. The van der Waals surface area contributed by atoms with Gasteiger partial charge in [0.25, 0.3) is 0 Å². The van der Waals surface area contributed by atoms with Gasteiger partial charge in [-0.05, 0) is 23.6 Å². The van der Waals surface area contributed by atoms with E-state index < -0.39 is 0 Å². The summed E-state index contributed by atoms with van der Waals surface area (Å²) >= 11 is 0. The zero-order valence-corrected chi connectivity index (χ0v) is 15.0. The van der Waals surface area contributed by atoms with Crippen LogP contribution in [0.4, 0.5) is 0 Å². The van der Waals surface area contributed by atoms with Crippen molar-refractivity contribution in [3.8, 4) is 0 Å². The quantitative estimate of drug-likeness (QED) is 0.745. The number of benzene rings is 1. The van der Waals surface area contributed by atoms with Gasteiger partial charge in [0.1, 0.15) is 12.2 Å². The molecule has 8 heteroatoms. The molecule has 1 unspecified atom stereocenters. The van der Waals surface area contributed by atoms with Crippen LogP contribution in [0.1, 0.15) is 23.4 Å². The largest absolute Gasteiger partial charge is 0.364 e. The van der Waals surface area contributed by atoms with Gasteiger partial charge in [-0.3, -0.25) is 14.1 Å². The first-order valence-electron chi connectivity index (χ1n) is 9.25. The number of hydrogen-bond acceptors (Lipinski definition) is 5. The van der Waals surface area contributed by atoms with Crippen LogP contribution in [0.25, 0.3) is 0 Å². The van der Waals surface area contributed by atoms with Gasteiger partial charge >= 0.3 is 5.69 Å². The minimum absolute atomic E-state index is 0.141. The van der Waals surface area contributed by atoms with Gasteiger partial charge in [-0.1, -0.05) is 24.3 Å². The Labute approximate surface area is 156 Å².